The lowest BCUT2D eigenvalue weighted by molar-refractivity contribution is 0.0520. The second kappa shape index (κ2) is 8.00. The number of rotatable bonds is 7. The minimum atomic E-state index is -0.515. The molecule has 3 aromatic rings. The van der Waals surface area contributed by atoms with Crippen molar-refractivity contribution in [2.24, 2.45) is 0 Å². The monoisotopic (exact) mass is 374 g/mol. The zero-order chi connectivity index (χ0) is 18.5. The quantitative estimate of drug-likeness (QED) is 0.478. The van der Waals surface area contributed by atoms with Gasteiger partial charge in [-0.1, -0.05) is 11.8 Å². The Kier molecular flexibility index (Phi) is 5.52. The second-order valence-electron chi connectivity index (χ2n) is 5.26. The van der Waals surface area contributed by atoms with Crippen molar-refractivity contribution >= 4 is 17.7 Å². The molecule has 136 valence electrons. The Morgan fingerprint density at radius 1 is 1.27 bits per heavy atom. The first-order valence-electron chi connectivity index (χ1n) is 7.89. The van der Waals surface area contributed by atoms with E-state index in [1.807, 2.05) is 25.1 Å². The number of hydrogen-bond acceptors (Lipinski definition) is 8. The van der Waals surface area contributed by atoms with Gasteiger partial charge in [-0.3, -0.25) is 5.10 Å². The number of aryl methyl sites for hydroxylation is 1. The molecule has 0 aliphatic heterocycles. The molecule has 9 nitrogen and oxygen atoms in total. The van der Waals surface area contributed by atoms with Crippen LogP contribution in [0, 0.1) is 6.92 Å². The largest absolute Gasteiger partial charge is 0.496 e. The number of carbonyl (C=O) groups excluding carboxylic acids is 1. The lowest BCUT2D eigenvalue weighted by Crippen LogP contribution is -2.07. The van der Waals surface area contributed by atoms with E-state index in [2.05, 4.69) is 30.6 Å². The van der Waals surface area contributed by atoms with Crippen LogP contribution in [0.1, 0.15) is 28.8 Å². The highest BCUT2D eigenvalue weighted by Gasteiger charge is 2.20. The van der Waals surface area contributed by atoms with Crippen LogP contribution in [0.15, 0.2) is 23.4 Å². The van der Waals surface area contributed by atoms with Gasteiger partial charge in [0.1, 0.15) is 17.3 Å². The van der Waals surface area contributed by atoms with Crippen LogP contribution in [0.4, 0.5) is 0 Å². The molecule has 26 heavy (non-hydrogen) atoms. The number of carbonyl (C=O) groups is 1. The number of benzene rings is 1. The van der Waals surface area contributed by atoms with Crippen molar-refractivity contribution in [3.05, 3.63) is 35.3 Å². The number of esters is 1. The Balaban J connectivity index is 1.88. The Morgan fingerprint density at radius 2 is 2.12 bits per heavy atom. The van der Waals surface area contributed by atoms with Crippen LogP contribution < -0.4 is 4.74 Å². The SMILES string of the molecule is CCOC(=O)c1n[nH]nc1-c1ccc(OC)c(CSc2n[nH]c(C)n2)c1. The smallest absolute Gasteiger partial charge is 0.361 e. The Bertz CT molecular complexity index is 907. The van der Waals surface area contributed by atoms with E-state index in [1.165, 1.54) is 11.8 Å². The summed E-state index contributed by atoms with van der Waals surface area (Å²) in [5, 5.41) is 18.1. The molecule has 3 rings (SSSR count). The van der Waals surface area contributed by atoms with Gasteiger partial charge in [0.2, 0.25) is 5.16 Å². The van der Waals surface area contributed by atoms with Crippen LogP contribution in [-0.4, -0.2) is 50.3 Å². The maximum absolute atomic E-state index is 12.0. The van der Waals surface area contributed by atoms with E-state index in [9.17, 15) is 4.79 Å². The highest BCUT2D eigenvalue weighted by atomic mass is 32.2. The van der Waals surface area contributed by atoms with E-state index < -0.39 is 5.97 Å². The molecule has 0 aliphatic rings. The van der Waals surface area contributed by atoms with Gasteiger partial charge in [-0.25, -0.2) is 9.78 Å². The topological polar surface area (TPSA) is 119 Å². The molecule has 0 atom stereocenters. The Hall–Kier alpha value is -2.88. The summed E-state index contributed by atoms with van der Waals surface area (Å²) < 4.78 is 10.5. The molecule has 10 heteroatoms. The lowest BCUT2D eigenvalue weighted by Gasteiger charge is -2.09. The van der Waals surface area contributed by atoms with E-state index in [0.717, 1.165) is 22.7 Å². The molecule has 2 aromatic heterocycles. The fourth-order valence-corrected chi connectivity index (χ4v) is 3.16. The summed E-state index contributed by atoms with van der Waals surface area (Å²) in [5.74, 6) is 1.57. The molecule has 0 saturated heterocycles. The summed E-state index contributed by atoms with van der Waals surface area (Å²) in [7, 11) is 1.61. The highest BCUT2D eigenvalue weighted by Crippen LogP contribution is 2.31. The van der Waals surface area contributed by atoms with Gasteiger partial charge in [-0.05, 0) is 32.0 Å². The summed E-state index contributed by atoms with van der Waals surface area (Å²) in [5.41, 5.74) is 2.26. The fourth-order valence-electron chi connectivity index (χ4n) is 2.34. The molecule has 0 bridgehead atoms. The third kappa shape index (κ3) is 3.85. The van der Waals surface area contributed by atoms with Gasteiger partial charge in [-0.2, -0.15) is 10.3 Å². The molecule has 0 radical (unpaired) electrons. The van der Waals surface area contributed by atoms with Crippen molar-refractivity contribution in [2.45, 2.75) is 24.8 Å². The maximum Gasteiger partial charge on any atom is 0.361 e. The first-order chi connectivity index (χ1) is 12.6. The fraction of sp³-hybridized carbons (Fsp3) is 0.312. The predicted octanol–water partition coefficient (Wildman–Crippen LogP) is 2.38. The summed E-state index contributed by atoms with van der Waals surface area (Å²) >= 11 is 1.48. The van der Waals surface area contributed by atoms with Crippen LogP contribution >= 0.6 is 11.8 Å². The van der Waals surface area contributed by atoms with E-state index in [1.54, 1.807) is 14.0 Å². The van der Waals surface area contributed by atoms with Gasteiger partial charge < -0.3 is 9.47 Å². The van der Waals surface area contributed by atoms with Gasteiger partial charge in [0, 0.05) is 16.9 Å². The van der Waals surface area contributed by atoms with Gasteiger partial charge in [0.05, 0.1) is 13.7 Å². The molecule has 0 spiro atoms. The number of hydrogen-bond donors (Lipinski definition) is 2. The van der Waals surface area contributed by atoms with Crippen molar-refractivity contribution in [1.29, 1.82) is 0 Å². The van der Waals surface area contributed by atoms with Crippen LogP contribution in [0.5, 0.6) is 5.75 Å². The van der Waals surface area contributed by atoms with Crippen LogP contribution in [0.25, 0.3) is 11.3 Å². The molecule has 0 fully saturated rings. The van der Waals surface area contributed by atoms with Crippen LogP contribution in [0.3, 0.4) is 0 Å². The number of nitrogens with zero attached hydrogens (tertiary/aromatic N) is 4. The summed E-state index contributed by atoms with van der Waals surface area (Å²) in [6, 6.07) is 5.56. The first kappa shape index (κ1) is 17.9. The molecular formula is C16H18N6O3S. The number of H-pyrrole nitrogens is 2. The van der Waals surface area contributed by atoms with Crippen molar-refractivity contribution in [3.8, 4) is 17.0 Å². The maximum atomic E-state index is 12.0. The standard InChI is InChI=1S/C16H18N6O3S/c1-4-25-15(23)14-13(19-22-20-14)10-5-6-12(24-3)11(7-10)8-26-16-17-9(2)18-21-16/h5-7H,4,8H2,1-3H3,(H,17,18,21)(H,19,20,22). The average molecular weight is 374 g/mol. The van der Waals surface area contributed by atoms with E-state index in [-0.39, 0.29) is 12.3 Å². The van der Waals surface area contributed by atoms with E-state index >= 15 is 0 Å². The molecule has 0 amide bonds. The van der Waals surface area contributed by atoms with Crippen molar-refractivity contribution in [3.63, 3.8) is 0 Å². The molecule has 2 heterocycles. The van der Waals surface area contributed by atoms with Crippen LogP contribution in [-0.2, 0) is 10.5 Å². The lowest BCUT2D eigenvalue weighted by atomic mass is 10.1. The van der Waals surface area contributed by atoms with Crippen LogP contribution in [0.2, 0.25) is 0 Å². The Morgan fingerprint density at radius 3 is 2.81 bits per heavy atom. The molecule has 0 aliphatic carbocycles. The number of ether oxygens (including phenoxy) is 2. The van der Waals surface area contributed by atoms with Crippen molar-refractivity contribution in [2.75, 3.05) is 13.7 Å². The number of aromatic nitrogens is 6. The van der Waals surface area contributed by atoms with Gasteiger partial charge in [0.25, 0.3) is 0 Å². The number of aromatic amines is 2. The van der Waals surface area contributed by atoms with E-state index in [4.69, 9.17) is 9.47 Å². The molecule has 2 N–H and O–H groups in total. The summed E-state index contributed by atoms with van der Waals surface area (Å²) in [6.07, 6.45) is 0. The molecule has 0 saturated carbocycles. The third-order valence-corrected chi connectivity index (χ3v) is 4.40. The van der Waals surface area contributed by atoms with Gasteiger partial charge in [-0.15, -0.1) is 10.2 Å². The molecule has 1 aromatic carbocycles. The third-order valence-electron chi connectivity index (χ3n) is 3.50. The zero-order valence-corrected chi connectivity index (χ0v) is 15.4. The van der Waals surface area contributed by atoms with Crippen molar-refractivity contribution < 1.29 is 14.3 Å². The number of methoxy groups -OCH3 is 1. The normalized spacial score (nSPS) is 10.7. The average Bonchev–Trinajstić information content (AvgIpc) is 3.29. The number of nitrogens with one attached hydrogen (secondary N) is 2. The minimum Gasteiger partial charge on any atom is -0.496 e. The molecule has 0 unspecified atom stereocenters. The zero-order valence-electron chi connectivity index (χ0n) is 14.6. The Labute approximate surface area is 153 Å². The van der Waals surface area contributed by atoms with E-state index in [0.29, 0.717) is 16.6 Å². The number of thioether (sulfide) groups is 1. The first-order valence-corrected chi connectivity index (χ1v) is 8.88. The summed E-state index contributed by atoms with van der Waals surface area (Å²) in [6.45, 7) is 3.86. The highest BCUT2D eigenvalue weighted by molar-refractivity contribution is 7.98. The molecular weight excluding hydrogens is 356 g/mol. The minimum absolute atomic E-state index is 0.153. The van der Waals surface area contributed by atoms with Gasteiger partial charge >= 0.3 is 5.97 Å². The van der Waals surface area contributed by atoms with Crippen molar-refractivity contribution in [1.82, 2.24) is 30.6 Å². The predicted molar refractivity (Wildman–Crippen MR) is 95.0 cm³/mol. The summed E-state index contributed by atoms with van der Waals surface area (Å²) in [4.78, 5) is 16.3. The van der Waals surface area contributed by atoms with Gasteiger partial charge in [0.15, 0.2) is 5.69 Å². The second-order valence-corrected chi connectivity index (χ2v) is 6.20.